The van der Waals surface area contributed by atoms with Crippen molar-refractivity contribution in [3.05, 3.63) is 39.9 Å². The van der Waals surface area contributed by atoms with E-state index in [1.807, 2.05) is 0 Å². The lowest BCUT2D eigenvalue weighted by molar-refractivity contribution is -0.132. The second-order valence-corrected chi connectivity index (χ2v) is 5.23. The largest absolute Gasteiger partial charge is 0.299 e. The number of ketones is 2. The number of benzene rings is 1. The van der Waals surface area contributed by atoms with Gasteiger partial charge in [-0.25, -0.2) is 4.98 Å². The minimum atomic E-state index is -0.617. The Morgan fingerprint density at radius 2 is 2.05 bits per heavy atom. The van der Waals surface area contributed by atoms with E-state index in [9.17, 15) is 14.4 Å². The third-order valence-electron chi connectivity index (χ3n) is 3.54. The van der Waals surface area contributed by atoms with Gasteiger partial charge in [-0.15, -0.1) is 0 Å². The fraction of sp³-hybridized carbons (Fsp3) is 0.286. The fourth-order valence-corrected chi connectivity index (χ4v) is 2.76. The summed E-state index contributed by atoms with van der Waals surface area (Å²) in [4.78, 5) is 39.8. The number of carbonyl (C=O) groups is 2. The zero-order valence-electron chi connectivity index (χ0n) is 10.5. The Kier molecular flexibility index (Phi) is 3.14. The van der Waals surface area contributed by atoms with Crippen molar-refractivity contribution in [2.45, 2.75) is 25.3 Å². The summed E-state index contributed by atoms with van der Waals surface area (Å²) >= 11 is 6.04. The molecule has 1 unspecified atom stereocenters. The molecule has 1 aromatic heterocycles. The zero-order valence-corrected chi connectivity index (χ0v) is 11.3. The highest BCUT2D eigenvalue weighted by Gasteiger charge is 2.29. The van der Waals surface area contributed by atoms with Crippen LogP contribution in [0.4, 0.5) is 0 Å². The lowest BCUT2D eigenvalue weighted by atomic mass is 9.93. The highest BCUT2D eigenvalue weighted by molar-refractivity contribution is 6.35. The number of fused-ring (bicyclic) bond motifs is 1. The van der Waals surface area contributed by atoms with E-state index in [0.29, 0.717) is 28.8 Å². The summed E-state index contributed by atoms with van der Waals surface area (Å²) in [5, 5.41) is 0.620. The number of rotatable bonds is 1. The Hall–Kier alpha value is -2.01. The molecule has 1 aliphatic rings. The van der Waals surface area contributed by atoms with Crippen LogP contribution in [0.3, 0.4) is 0 Å². The van der Waals surface area contributed by atoms with Crippen LogP contribution in [0, 0.1) is 0 Å². The van der Waals surface area contributed by atoms with Gasteiger partial charge in [-0.1, -0.05) is 17.7 Å². The number of aromatic nitrogens is 2. The SMILES string of the molecule is O=C1CCC(n2cnc3cccc(Cl)c3c2=O)C(=O)C1. The maximum atomic E-state index is 12.5. The minimum Gasteiger partial charge on any atom is -0.299 e. The Balaban J connectivity index is 2.16. The van der Waals surface area contributed by atoms with Crippen LogP contribution in [-0.2, 0) is 9.59 Å². The molecule has 1 saturated carbocycles. The molecule has 102 valence electrons. The summed E-state index contributed by atoms with van der Waals surface area (Å²) in [6.45, 7) is 0. The molecule has 1 heterocycles. The topological polar surface area (TPSA) is 69.0 Å². The molecule has 0 N–H and O–H groups in total. The summed E-state index contributed by atoms with van der Waals surface area (Å²) in [6.07, 6.45) is 1.90. The van der Waals surface area contributed by atoms with Crippen LogP contribution >= 0.6 is 11.6 Å². The maximum Gasteiger partial charge on any atom is 0.263 e. The molecule has 0 saturated heterocycles. The number of Topliss-reactive ketones (excluding diaryl/α,β-unsaturated/α-hetero) is 2. The molecule has 5 nitrogen and oxygen atoms in total. The predicted octanol–water partition coefficient (Wildman–Crippen LogP) is 1.91. The van der Waals surface area contributed by atoms with Crippen LogP contribution in [0.2, 0.25) is 5.02 Å². The zero-order chi connectivity index (χ0) is 14.3. The summed E-state index contributed by atoms with van der Waals surface area (Å²) in [5.74, 6) is -0.317. The van der Waals surface area contributed by atoms with Gasteiger partial charge in [0, 0.05) is 6.42 Å². The molecule has 1 aliphatic carbocycles. The minimum absolute atomic E-state index is 0.0777. The van der Waals surface area contributed by atoms with E-state index in [-0.39, 0.29) is 23.5 Å². The molecule has 6 heteroatoms. The van der Waals surface area contributed by atoms with E-state index in [4.69, 9.17) is 11.6 Å². The highest BCUT2D eigenvalue weighted by atomic mass is 35.5. The van der Waals surface area contributed by atoms with Crippen molar-refractivity contribution in [3.8, 4) is 0 Å². The summed E-state index contributed by atoms with van der Waals surface area (Å²) < 4.78 is 1.29. The summed E-state index contributed by atoms with van der Waals surface area (Å²) in [6, 6.07) is 4.41. The van der Waals surface area contributed by atoms with Crippen molar-refractivity contribution >= 4 is 34.1 Å². The third-order valence-corrected chi connectivity index (χ3v) is 3.85. The molecule has 1 atom stereocenters. The Morgan fingerprint density at radius 3 is 2.80 bits per heavy atom. The van der Waals surface area contributed by atoms with E-state index in [1.165, 1.54) is 10.9 Å². The second-order valence-electron chi connectivity index (χ2n) is 4.83. The molecule has 2 aromatic rings. The van der Waals surface area contributed by atoms with E-state index in [0.717, 1.165) is 0 Å². The van der Waals surface area contributed by atoms with Gasteiger partial charge in [0.25, 0.3) is 5.56 Å². The van der Waals surface area contributed by atoms with Gasteiger partial charge in [-0.2, -0.15) is 0 Å². The Morgan fingerprint density at radius 1 is 1.25 bits per heavy atom. The third kappa shape index (κ3) is 2.04. The van der Waals surface area contributed by atoms with Crippen LogP contribution in [0.1, 0.15) is 25.3 Å². The van der Waals surface area contributed by atoms with Gasteiger partial charge in [-0.3, -0.25) is 19.0 Å². The number of halogens is 1. The molecule has 0 bridgehead atoms. The van der Waals surface area contributed by atoms with Crippen molar-refractivity contribution in [1.29, 1.82) is 0 Å². The monoisotopic (exact) mass is 290 g/mol. The van der Waals surface area contributed by atoms with Gasteiger partial charge in [-0.05, 0) is 18.6 Å². The van der Waals surface area contributed by atoms with Crippen molar-refractivity contribution < 1.29 is 9.59 Å². The smallest absolute Gasteiger partial charge is 0.263 e. The van der Waals surface area contributed by atoms with Gasteiger partial charge in [0.05, 0.1) is 34.7 Å². The normalized spacial score (nSPS) is 19.6. The van der Waals surface area contributed by atoms with Gasteiger partial charge in [0.1, 0.15) is 5.78 Å². The molecule has 0 amide bonds. The van der Waals surface area contributed by atoms with Gasteiger partial charge < -0.3 is 0 Å². The van der Waals surface area contributed by atoms with Crippen molar-refractivity contribution in [1.82, 2.24) is 9.55 Å². The molecule has 1 fully saturated rings. The highest BCUT2D eigenvalue weighted by Crippen LogP contribution is 2.24. The average molecular weight is 291 g/mol. The molecular formula is C14H11ClN2O3. The van der Waals surface area contributed by atoms with Crippen LogP contribution in [0.15, 0.2) is 29.3 Å². The Bertz CT molecular complexity index is 782. The number of hydrogen-bond acceptors (Lipinski definition) is 4. The number of hydrogen-bond donors (Lipinski definition) is 0. The standard InChI is InChI=1S/C14H11ClN2O3/c15-9-2-1-3-10-13(9)14(20)17(7-16-10)11-5-4-8(18)6-12(11)19/h1-3,7,11H,4-6H2. The van der Waals surface area contributed by atoms with Crippen LogP contribution in [0.5, 0.6) is 0 Å². The first-order chi connectivity index (χ1) is 9.58. The molecular weight excluding hydrogens is 280 g/mol. The van der Waals surface area contributed by atoms with Gasteiger partial charge in [0.15, 0.2) is 5.78 Å². The first kappa shape index (κ1) is 13.0. The van der Waals surface area contributed by atoms with Crippen LogP contribution in [-0.4, -0.2) is 21.1 Å². The average Bonchev–Trinajstić information content (AvgIpc) is 2.40. The predicted molar refractivity (Wildman–Crippen MR) is 73.9 cm³/mol. The summed E-state index contributed by atoms with van der Waals surface area (Å²) in [5.41, 5.74) is 0.159. The van der Waals surface area contributed by atoms with E-state index in [1.54, 1.807) is 18.2 Å². The quantitative estimate of drug-likeness (QED) is 0.752. The van der Waals surface area contributed by atoms with Crippen molar-refractivity contribution in [3.63, 3.8) is 0 Å². The lowest BCUT2D eigenvalue weighted by Gasteiger charge is -2.21. The lowest BCUT2D eigenvalue weighted by Crippen LogP contribution is -2.34. The molecule has 0 radical (unpaired) electrons. The van der Waals surface area contributed by atoms with E-state index < -0.39 is 6.04 Å². The first-order valence-corrected chi connectivity index (χ1v) is 6.65. The van der Waals surface area contributed by atoms with Crippen LogP contribution < -0.4 is 5.56 Å². The Labute approximate surface area is 119 Å². The van der Waals surface area contributed by atoms with Crippen molar-refractivity contribution in [2.24, 2.45) is 0 Å². The van der Waals surface area contributed by atoms with E-state index >= 15 is 0 Å². The maximum absolute atomic E-state index is 12.5. The number of carbonyl (C=O) groups excluding carboxylic acids is 2. The van der Waals surface area contributed by atoms with Gasteiger partial charge in [0.2, 0.25) is 0 Å². The van der Waals surface area contributed by atoms with Crippen LogP contribution in [0.25, 0.3) is 10.9 Å². The number of nitrogens with zero attached hydrogens (tertiary/aromatic N) is 2. The first-order valence-electron chi connectivity index (χ1n) is 6.27. The molecule has 0 aliphatic heterocycles. The van der Waals surface area contributed by atoms with Crippen molar-refractivity contribution in [2.75, 3.05) is 0 Å². The van der Waals surface area contributed by atoms with Gasteiger partial charge >= 0.3 is 0 Å². The summed E-state index contributed by atoms with van der Waals surface area (Å²) in [7, 11) is 0. The van der Waals surface area contributed by atoms with E-state index in [2.05, 4.69) is 4.98 Å². The molecule has 0 spiro atoms. The fourth-order valence-electron chi connectivity index (χ4n) is 2.51. The molecule has 20 heavy (non-hydrogen) atoms. The molecule has 1 aromatic carbocycles. The second kappa shape index (κ2) is 4.83. The molecule has 3 rings (SSSR count).